The number of aliphatic hydroxyl groups is 1. The lowest BCUT2D eigenvalue weighted by Gasteiger charge is -2.60. The van der Waals surface area contributed by atoms with Gasteiger partial charge in [0.15, 0.2) is 0 Å². The largest absolute Gasteiger partial charge is 0.390 e. The van der Waals surface area contributed by atoms with Crippen LogP contribution in [0.1, 0.15) is 58.8 Å². The Morgan fingerprint density at radius 1 is 1.18 bits per heavy atom. The SMILES string of the molecule is COCCO[C@H]1C[C@]2(C)C3C(=O)C[C@]4(C)[C@@H](C#N)CC[C@H]4[C@@H]3CC[C@H]2C[C@@H]1O. The highest BCUT2D eigenvalue weighted by atomic mass is 16.5. The first kappa shape index (κ1) is 20.3. The molecule has 0 radical (unpaired) electrons. The van der Waals surface area contributed by atoms with Crippen molar-refractivity contribution >= 4 is 5.78 Å². The van der Waals surface area contributed by atoms with Crippen LogP contribution in [0.15, 0.2) is 0 Å². The van der Waals surface area contributed by atoms with Gasteiger partial charge in [-0.3, -0.25) is 4.79 Å². The lowest BCUT2D eigenvalue weighted by molar-refractivity contribution is -0.180. The number of rotatable bonds is 4. The zero-order chi connectivity index (χ0) is 20.1. The van der Waals surface area contributed by atoms with Crippen LogP contribution < -0.4 is 0 Å². The highest BCUT2D eigenvalue weighted by Crippen LogP contribution is 2.66. The zero-order valence-electron chi connectivity index (χ0n) is 17.5. The molecular formula is C23H35NO4. The molecule has 0 aliphatic heterocycles. The van der Waals surface area contributed by atoms with E-state index < -0.39 is 6.10 Å². The summed E-state index contributed by atoms with van der Waals surface area (Å²) in [6.07, 6.45) is 5.53. The lowest BCUT2D eigenvalue weighted by atomic mass is 9.44. The quantitative estimate of drug-likeness (QED) is 0.746. The standard InChI is InChI=1S/C23H35NO4/c1-22-11-19(26)21-16(17(22)7-5-15(22)13-24)6-4-14-10-18(25)20(12-23(14,21)2)28-9-8-27-3/h14-18,20-21,25H,4-12H2,1-3H3/t14-,15+,16-,17-,18-,20-,21?,22+,23-/m0/s1. The molecule has 0 bridgehead atoms. The zero-order valence-corrected chi connectivity index (χ0v) is 17.5. The molecule has 0 spiro atoms. The summed E-state index contributed by atoms with van der Waals surface area (Å²) in [5.74, 6) is 1.70. The van der Waals surface area contributed by atoms with Crippen molar-refractivity contribution in [3.63, 3.8) is 0 Å². The number of hydrogen-bond donors (Lipinski definition) is 1. The normalized spacial score (nSPS) is 50.4. The fourth-order valence-electron chi connectivity index (χ4n) is 7.74. The van der Waals surface area contributed by atoms with Gasteiger partial charge >= 0.3 is 0 Å². The van der Waals surface area contributed by atoms with Gasteiger partial charge in [0.2, 0.25) is 0 Å². The van der Waals surface area contributed by atoms with E-state index in [0.717, 1.165) is 38.5 Å². The molecule has 0 heterocycles. The minimum Gasteiger partial charge on any atom is -0.390 e. The molecule has 28 heavy (non-hydrogen) atoms. The molecule has 156 valence electrons. The van der Waals surface area contributed by atoms with Crippen molar-refractivity contribution < 1.29 is 19.4 Å². The Bertz CT molecular complexity index is 659. The fourth-order valence-corrected chi connectivity index (χ4v) is 7.74. The Labute approximate surface area is 168 Å². The number of carbonyl (C=O) groups excluding carboxylic acids is 1. The van der Waals surface area contributed by atoms with Crippen LogP contribution in [0.3, 0.4) is 0 Å². The summed E-state index contributed by atoms with van der Waals surface area (Å²) >= 11 is 0. The maximum absolute atomic E-state index is 13.5. The third kappa shape index (κ3) is 2.95. The molecule has 4 aliphatic rings. The van der Waals surface area contributed by atoms with Crippen LogP contribution in [0.25, 0.3) is 0 Å². The fraction of sp³-hybridized carbons (Fsp3) is 0.913. The maximum Gasteiger partial charge on any atom is 0.137 e. The van der Waals surface area contributed by atoms with E-state index in [1.807, 2.05) is 0 Å². The average molecular weight is 390 g/mol. The number of carbonyl (C=O) groups is 1. The van der Waals surface area contributed by atoms with Crippen LogP contribution >= 0.6 is 0 Å². The third-order valence-corrected chi connectivity index (χ3v) is 9.12. The Kier molecular flexibility index (Phi) is 5.35. The second-order valence-electron chi connectivity index (χ2n) is 10.3. The number of Topliss-reactive ketones (excluding diaryl/α,β-unsaturated/α-hetero) is 1. The molecule has 4 rings (SSSR count). The summed E-state index contributed by atoms with van der Waals surface area (Å²) in [4.78, 5) is 13.5. The predicted octanol–water partition coefficient (Wildman–Crippen LogP) is 3.35. The summed E-state index contributed by atoms with van der Waals surface area (Å²) in [5, 5.41) is 20.3. The van der Waals surface area contributed by atoms with Crippen LogP contribution in [0.4, 0.5) is 0 Å². The number of aliphatic hydroxyl groups excluding tert-OH is 1. The molecule has 0 amide bonds. The maximum atomic E-state index is 13.5. The molecule has 0 aromatic heterocycles. The lowest BCUT2D eigenvalue weighted by Crippen LogP contribution is -2.60. The highest BCUT2D eigenvalue weighted by Gasteiger charge is 2.64. The van der Waals surface area contributed by atoms with E-state index in [1.165, 1.54) is 0 Å². The summed E-state index contributed by atoms with van der Waals surface area (Å²) in [6.45, 7) is 5.47. The summed E-state index contributed by atoms with van der Waals surface area (Å²) in [5.41, 5.74) is -0.248. The van der Waals surface area contributed by atoms with Crippen LogP contribution in [-0.2, 0) is 14.3 Å². The Morgan fingerprint density at radius 3 is 2.68 bits per heavy atom. The van der Waals surface area contributed by atoms with Crippen molar-refractivity contribution in [2.75, 3.05) is 20.3 Å². The van der Waals surface area contributed by atoms with E-state index in [0.29, 0.717) is 43.2 Å². The van der Waals surface area contributed by atoms with Gasteiger partial charge in [0, 0.05) is 19.4 Å². The topological polar surface area (TPSA) is 79.5 Å². The van der Waals surface area contributed by atoms with Crippen molar-refractivity contribution in [3.05, 3.63) is 0 Å². The van der Waals surface area contributed by atoms with E-state index in [2.05, 4.69) is 19.9 Å². The van der Waals surface area contributed by atoms with Gasteiger partial charge in [-0.15, -0.1) is 0 Å². The number of methoxy groups -OCH3 is 1. The first-order chi connectivity index (χ1) is 13.3. The number of ether oxygens (including phenoxy) is 2. The molecular weight excluding hydrogens is 354 g/mol. The first-order valence-corrected chi connectivity index (χ1v) is 11.1. The number of nitrogens with zero attached hydrogens (tertiary/aromatic N) is 1. The molecule has 4 saturated carbocycles. The van der Waals surface area contributed by atoms with Crippen molar-refractivity contribution in [3.8, 4) is 6.07 Å². The highest BCUT2D eigenvalue weighted by molar-refractivity contribution is 5.84. The Balaban J connectivity index is 1.60. The molecule has 4 aliphatic carbocycles. The molecule has 0 saturated heterocycles. The molecule has 9 atom stereocenters. The Hall–Kier alpha value is -0.960. The van der Waals surface area contributed by atoms with Gasteiger partial charge in [0.1, 0.15) is 5.78 Å². The Morgan fingerprint density at radius 2 is 1.96 bits per heavy atom. The van der Waals surface area contributed by atoms with E-state index in [-0.39, 0.29) is 28.8 Å². The van der Waals surface area contributed by atoms with Crippen LogP contribution in [-0.4, -0.2) is 43.4 Å². The average Bonchev–Trinajstić information content (AvgIpc) is 2.98. The van der Waals surface area contributed by atoms with Gasteiger partial charge in [-0.2, -0.15) is 5.26 Å². The van der Waals surface area contributed by atoms with Gasteiger partial charge in [0.25, 0.3) is 0 Å². The van der Waals surface area contributed by atoms with Crippen molar-refractivity contribution in [1.82, 2.24) is 0 Å². The minimum atomic E-state index is -0.454. The predicted molar refractivity (Wildman–Crippen MR) is 104 cm³/mol. The minimum absolute atomic E-state index is 0.0197. The molecule has 1 N–H and O–H groups in total. The molecule has 0 aromatic rings. The number of fused-ring (bicyclic) bond motifs is 5. The molecule has 4 fully saturated rings. The van der Waals surface area contributed by atoms with Crippen molar-refractivity contribution in [2.24, 2.45) is 40.4 Å². The summed E-state index contributed by atoms with van der Waals surface area (Å²) < 4.78 is 11.1. The van der Waals surface area contributed by atoms with Crippen molar-refractivity contribution in [2.45, 2.75) is 71.0 Å². The van der Waals surface area contributed by atoms with Gasteiger partial charge < -0.3 is 14.6 Å². The molecule has 1 unspecified atom stereocenters. The summed E-state index contributed by atoms with van der Waals surface area (Å²) in [6, 6.07) is 2.51. The van der Waals surface area contributed by atoms with Gasteiger partial charge in [-0.05, 0) is 67.1 Å². The summed E-state index contributed by atoms with van der Waals surface area (Å²) in [7, 11) is 1.65. The third-order valence-electron chi connectivity index (χ3n) is 9.12. The number of ketones is 1. The van der Waals surface area contributed by atoms with Gasteiger partial charge in [-0.1, -0.05) is 13.8 Å². The number of hydrogen-bond acceptors (Lipinski definition) is 5. The first-order valence-electron chi connectivity index (χ1n) is 11.1. The smallest absolute Gasteiger partial charge is 0.137 e. The van der Waals surface area contributed by atoms with Gasteiger partial charge in [0.05, 0.1) is 37.4 Å². The van der Waals surface area contributed by atoms with Crippen LogP contribution in [0, 0.1) is 51.8 Å². The van der Waals surface area contributed by atoms with Gasteiger partial charge in [-0.25, -0.2) is 0 Å². The van der Waals surface area contributed by atoms with Crippen LogP contribution in [0.5, 0.6) is 0 Å². The van der Waals surface area contributed by atoms with E-state index in [4.69, 9.17) is 9.47 Å². The van der Waals surface area contributed by atoms with E-state index >= 15 is 0 Å². The van der Waals surface area contributed by atoms with E-state index in [9.17, 15) is 15.2 Å². The van der Waals surface area contributed by atoms with Crippen LogP contribution in [0.2, 0.25) is 0 Å². The molecule has 0 aromatic carbocycles. The van der Waals surface area contributed by atoms with E-state index in [1.54, 1.807) is 7.11 Å². The second-order valence-corrected chi connectivity index (χ2v) is 10.3. The molecule has 5 heteroatoms. The molecule has 5 nitrogen and oxygen atoms in total. The monoisotopic (exact) mass is 389 g/mol. The van der Waals surface area contributed by atoms with Crippen molar-refractivity contribution in [1.29, 1.82) is 5.26 Å². The number of nitriles is 1. The second kappa shape index (κ2) is 7.38.